The van der Waals surface area contributed by atoms with E-state index in [1.165, 1.54) is 30.9 Å². The average Bonchev–Trinajstić information content (AvgIpc) is 3.22. The molecule has 11 nitrogen and oxygen atoms in total. The van der Waals surface area contributed by atoms with Crippen molar-refractivity contribution in [2.45, 2.75) is 19.6 Å². The first-order chi connectivity index (χ1) is 17.1. The summed E-state index contributed by atoms with van der Waals surface area (Å²) in [5.74, 6) is 0.217. The Kier molecular flexibility index (Phi) is 5.44. The van der Waals surface area contributed by atoms with Crippen LogP contribution in [-0.2, 0) is 25.4 Å². The van der Waals surface area contributed by atoms with E-state index in [1.54, 1.807) is 38.2 Å². The molecule has 0 radical (unpaired) electrons. The van der Waals surface area contributed by atoms with E-state index in [4.69, 9.17) is 9.47 Å². The van der Waals surface area contributed by atoms with Crippen LogP contribution in [-0.4, -0.2) is 37.4 Å². The van der Waals surface area contributed by atoms with Gasteiger partial charge < -0.3 is 19.1 Å². The van der Waals surface area contributed by atoms with E-state index in [9.17, 15) is 24.8 Å². The molecular weight excluding hydrogens is 468 g/mol. The molecule has 1 unspecified atom stereocenters. The van der Waals surface area contributed by atoms with Crippen molar-refractivity contribution in [2.24, 2.45) is 14.1 Å². The zero-order chi connectivity index (χ0) is 25.9. The number of benzene rings is 2. The lowest BCUT2D eigenvalue weighted by Gasteiger charge is -2.28. The van der Waals surface area contributed by atoms with Gasteiger partial charge in [-0.25, -0.2) is 4.79 Å². The predicted octanol–water partition coefficient (Wildman–Crippen LogP) is 2.76. The molecule has 0 fully saturated rings. The van der Waals surface area contributed by atoms with Gasteiger partial charge in [0.05, 0.1) is 40.9 Å². The van der Waals surface area contributed by atoms with Gasteiger partial charge >= 0.3 is 5.69 Å². The number of aryl methyl sites for hydroxylation is 2. The molecule has 1 aliphatic rings. The van der Waals surface area contributed by atoms with Crippen LogP contribution in [0, 0.1) is 17.0 Å². The summed E-state index contributed by atoms with van der Waals surface area (Å²) < 4.78 is 15.7. The van der Waals surface area contributed by atoms with Crippen LogP contribution in [0.1, 0.15) is 22.9 Å². The highest BCUT2D eigenvalue weighted by Crippen LogP contribution is 2.42. The summed E-state index contributed by atoms with van der Waals surface area (Å²) in [5.41, 5.74) is 2.00. The van der Waals surface area contributed by atoms with E-state index >= 15 is 0 Å². The van der Waals surface area contributed by atoms with Crippen molar-refractivity contribution in [1.29, 1.82) is 0 Å². The molecule has 0 aliphatic carbocycles. The second kappa shape index (κ2) is 8.38. The summed E-state index contributed by atoms with van der Waals surface area (Å²) in [6.07, 6.45) is -0.692. The Morgan fingerprint density at radius 1 is 1.14 bits per heavy atom. The lowest BCUT2D eigenvalue weighted by molar-refractivity contribution is -0.385. The minimum atomic E-state index is -0.692. The highest BCUT2D eigenvalue weighted by Gasteiger charge is 2.34. The number of phenolic OH excluding ortho intramolecular Hbond substituents is 1. The molecule has 1 atom stereocenters. The van der Waals surface area contributed by atoms with E-state index in [2.05, 4.69) is 0 Å². The van der Waals surface area contributed by atoms with Crippen LogP contribution in [0.3, 0.4) is 0 Å². The van der Waals surface area contributed by atoms with Crippen molar-refractivity contribution in [1.82, 2.24) is 13.7 Å². The maximum atomic E-state index is 13.5. The van der Waals surface area contributed by atoms with Crippen molar-refractivity contribution in [3.8, 4) is 22.8 Å². The zero-order valence-electron chi connectivity index (χ0n) is 20.1. The van der Waals surface area contributed by atoms with Gasteiger partial charge in [0.25, 0.3) is 11.2 Å². The molecular formula is C25H24N4O7. The summed E-state index contributed by atoms with van der Waals surface area (Å²) >= 11 is 0. The Bertz CT molecular complexity index is 1680. The second-order valence-electron chi connectivity index (χ2n) is 8.76. The number of phenols is 1. The van der Waals surface area contributed by atoms with E-state index in [-0.39, 0.29) is 29.2 Å². The zero-order valence-corrected chi connectivity index (χ0v) is 20.1. The fourth-order valence-electron chi connectivity index (χ4n) is 4.94. The Labute approximate surface area is 204 Å². The molecule has 0 saturated heterocycles. The Hall–Kier alpha value is -4.38. The number of fused-ring (bicyclic) bond motifs is 3. The molecule has 3 heterocycles. The molecule has 2 aromatic heterocycles. The smallest absolute Gasteiger partial charge is 0.331 e. The number of hydrogen-bond acceptors (Lipinski definition) is 7. The lowest BCUT2D eigenvalue weighted by Crippen LogP contribution is -2.37. The van der Waals surface area contributed by atoms with Crippen LogP contribution in [0.25, 0.3) is 22.2 Å². The number of aromatic nitrogens is 3. The fourth-order valence-corrected chi connectivity index (χ4v) is 4.94. The third-order valence-electron chi connectivity index (χ3n) is 6.74. The van der Waals surface area contributed by atoms with Crippen molar-refractivity contribution >= 4 is 16.6 Å². The van der Waals surface area contributed by atoms with Crippen LogP contribution < -0.4 is 16.0 Å². The van der Waals surface area contributed by atoms with Crippen LogP contribution in [0.15, 0.2) is 46.0 Å². The summed E-state index contributed by atoms with van der Waals surface area (Å²) in [6, 6.07) is 9.66. The second-order valence-corrected chi connectivity index (χ2v) is 8.76. The minimum Gasteiger partial charge on any atom is -0.504 e. The molecule has 0 spiro atoms. The number of ether oxygens (including phenoxy) is 2. The number of nitro benzene ring substituents is 1. The molecule has 4 aromatic rings. The highest BCUT2D eigenvalue weighted by molar-refractivity contribution is 5.97. The van der Waals surface area contributed by atoms with Gasteiger partial charge in [0, 0.05) is 37.8 Å². The standard InChI is InChI=1S/C25H24N4O7/c1-13-5-6-14(11-16(13)29(33)34)20-19-21(26(2)25(32)27(3)24(19)31)22-23(36-10-9-28(20)22)15-7-8-17(30)18(12-15)35-4/h5-8,11-12,23,30H,9-10H2,1-4H3. The van der Waals surface area contributed by atoms with Gasteiger partial charge in [0.1, 0.15) is 6.10 Å². The minimum absolute atomic E-state index is 0.0359. The SMILES string of the molecule is COc1cc(C2OCCn3c(-c4ccc(C)c([N+](=O)[O-])c4)c4c(=O)n(C)c(=O)n(C)c4c32)ccc1O. The molecule has 11 heteroatoms. The molecule has 36 heavy (non-hydrogen) atoms. The Morgan fingerprint density at radius 2 is 1.89 bits per heavy atom. The number of nitro groups is 1. The van der Waals surface area contributed by atoms with Gasteiger partial charge in [0.15, 0.2) is 11.5 Å². The topological polar surface area (TPSA) is 131 Å². The number of rotatable bonds is 4. The van der Waals surface area contributed by atoms with E-state index in [0.29, 0.717) is 40.1 Å². The Morgan fingerprint density at radius 3 is 2.58 bits per heavy atom. The lowest BCUT2D eigenvalue weighted by atomic mass is 10.0. The summed E-state index contributed by atoms with van der Waals surface area (Å²) in [6.45, 7) is 2.31. The van der Waals surface area contributed by atoms with Gasteiger partial charge in [-0.05, 0) is 24.6 Å². The molecule has 5 rings (SSSR count). The number of hydrogen-bond donors (Lipinski definition) is 1. The van der Waals surface area contributed by atoms with Crippen LogP contribution in [0.2, 0.25) is 0 Å². The van der Waals surface area contributed by atoms with Crippen LogP contribution >= 0.6 is 0 Å². The summed E-state index contributed by atoms with van der Waals surface area (Å²) in [5, 5.41) is 22.0. The summed E-state index contributed by atoms with van der Waals surface area (Å²) in [7, 11) is 4.42. The molecule has 2 aromatic carbocycles. The molecule has 186 valence electrons. The van der Waals surface area contributed by atoms with Gasteiger partial charge in [-0.15, -0.1) is 0 Å². The quantitative estimate of drug-likeness (QED) is 0.342. The number of aromatic hydroxyl groups is 1. The first-order valence-electron chi connectivity index (χ1n) is 11.2. The number of methoxy groups -OCH3 is 1. The normalized spacial score (nSPS) is 15.2. The van der Waals surface area contributed by atoms with Gasteiger partial charge in [-0.1, -0.05) is 18.2 Å². The van der Waals surface area contributed by atoms with Crippen molar-refractivity contribution in [3.05, 3.63) is 84.2 Å². The van der Waals surface area contributed by atoms with Gasteiger partial charge in [-0.2, -0.15) is 0 Å². The first-order valence-corrected chi connectivity index (χ1v) is 11.2. The summed E-state index contributed by atoms with van der Waals surface area (Å²) in [4.78, 5) is 37.7. The van der Waals surface area contributed by atoms with E-state index in [1.807, 2.05) is 4.57 Å². The van der Waals surface area contributed by atoms with Crippen LogP contribution in [0.4, 0.5) is 5.69 Å². The first kappa shape index (κ1) is 23.4. The molecule has 0 bridgehead atoms. The molecule has 0 amide bonds. The van der Waals surface area contributed by atoms with Gasteiger partial charge in [0.2, 0.25) is 0 Å². The average molecular weight is 492 g/mol. The van der Waals surface area contributed by atoms with Crippen molar-refractivity contribution < 1.29 is 19.5 Å². The van der Waals surface area contributed by atoms with Crippen molar-refractivity contribution in [3.63, 3.8) is 0 Å². The molecule has 0 saturated carbocycles. The Balaban J connectivity index is 1.91. The van der Waals surface area contributed by atoms with Crippen LogP contribution in [0.5, 0.6) is 11.5 Å². The third kappa shape index (κ3) is 3.31. The third-order valence-corrected chi connectivity index (χ3v) is 6.74. The molecule has 1 N–H and O–H groups in total. The highest BCUT2D eigenvalue weighted by atomic mass is 16.6. The fraction of sp³-hybridized carbons (Fsp3) is 0.280. The maximum Gasteiger partial charge on any atom is 0.331 e. The monoisotopic (exact) mass is 492 g/mol. The van der Waals surface area contributed by atoms with Crippen molar-refractivity contribution in [2.75, 3.05) is 13.7 Å². The number of nitrogens with zero attached hydrogens (tertiary/aromatic N) is 4. The largest absolute Gasteiger partial charge is 0.504 e. The predicted molar refractivity (Wildman–Crippen MR) is 132 cm³/mol. The van der Waals surface area contributed by atoms with E-state index in [0.717, 1.165) is 4.57 Å². The maximum absolute atomic E-state index is 13.5. The van der Waals surface area contributed by atoms with Gasteiger partial charge in [-0.3, -0.25) is 24.0 Å². The van der Waals surface area contributed by atoms with E-state index < -0.39 is 22.3 Å². The molecule has 1 aliphatic heterocycles.